The molecule has 1 aromatic heterocycles. The summed E-state index contributed by atoms with van der Waals surface area (Å²) in [4.78, 5) is 26.0. The van der Waals surface area contributed by atoms with Crippen LogP contribution in [0, 0.1) is 6.92 Å². The Bertz CT molecular complexity index is 386. The van der Waals surface area contributed by atoms with Gasteiger partial charge >= 0.3 is 0 Å². The molecule has 1 rings (SSSR count). The van der Waals surface area contributed by atoms with Crippen LogP contribution in [0.25, 0.3) is 0 Å². The van der Waals surface area contributed by atoms with E-state index in [2.05, 4.69) is 10.3 Å². The predicted molar refractivity (Wildman–Crippen MR) is 53.3 cm³/mol. The van der Waals surface area contributed by atoms with E-state index in [4.69, 9.17) is 0 Å². The molecule has 0 aliphatic rings. The fraction of sp³-hybridized carbons (Fsp3) is 0.300. The van der Waals surface area contributed by atoms with Crippen molar-refractivity contribution in [3.8, 4) is 0 Å². The normalized spacial score (nSPS) is 9.64. The van der Waals surface area contributed by atoms with Crippen molar-refractivity contribution in [1.82, 2.24) is 4.98 Å². The molecule has 0 fully saturated rings. The van der Waals surface area contributed by atoms with Gasteiger partial charge in [-0.15, -0.1) is 0 Å². The molecule has 4 nitrogen and oxygen atoms in total. The summed E-state index contributed by atoms with van der Waals surface area (Å²) in [5.74, 6) is -0.367. The SMILES string of the molecule is CC(=O)Nc1cc(C)cnc1C(C)=O. The second kappa shape index (κ2) is 4.00. The Hall–Kier alpha value is -1.71. The number of anilines is 1. The van der Waals surface area contributed by atoms with Crippen LogP contribution in [0.15, 0.2) is 12.3 Å². The fourth-order valence-electron chi connectivity index (χ4n) is 1.13. The molecule has 0 saturated carbocycles. The van der Waals surface area contributed by atoms with E-state index in [1.165, 1.54) is 13.8 Å². The van der Waals surface area contributed by atoms with Gasteiger partial charge in [-0.05, 0) is 18.6 Å². The summed E-state index contributed by atoms with van der Waals surface area (Å²) in [6.07, 6.45) is 1.60. The van der Waals surface area contributed by atoms with Gasteiger partial charge in [-0.2, -0.15) is 0 Å². The Morgan fingerprint density at radius 1 is 1.36 bits per heavy atom. The Labute approximate surface area is 82.3 Å². The summed E-state index contributed by atoms with van der Waals surface area (Å²) in [5, 5.41) is 2.57. The molecule has 74 valence electrons. The van der Waals surface area contributed by atoms with Crippen molar-refractivity contribution in [3.05, 3.63) is 23.5 Å². The molecule has 14 heavy (non-hydrogen) atoms. The van der Waals surface area contributed by atoms with Gasteiger partial charge in [0.25, 0.3) is 0 Å². The van der Waals surface area contributed by atoms with Gasteiger partial charge in [0.1, 0.15) is 5.69 Å². The van der Waals surface area contributed by atoms with E-state index in [1.54, 1.807) is 12.3 Å². The van der Waals surface area contributed by atoms with Gasteiger partial charge in [-0.3, -0.25) is 14.6 Å². The summed E-state index contributed by atoms with van der Waals surface area (Å²) < 4.78 is 0. The first-order chi connectivity index (χ1) is 6.50. The van der Waals surface area contributed by atoms with E-state index in [1.807, 2.05) is 6.92 Å². The van der Waals surface area contributed by atoms with Gasteiger partial charge in [0.05, 0.1) is 5.69 Å². The Morgan fingerprint density at radius 2 is 2.00 bits per heavy atom. The lowest BCUT2D eigenvalue weighted by molar-refractivity contribution is -0.114. The minimum absolute atomic E-state index is 0.159. The number of hydrogen-bond donors (Lipinski definition) is 1. The molecule has 0 bridgehead atoms. The lowest BCUT2D eigenvalue weighted by Gasteiger charge is -2.06. The second-order valence-electron chi connectivity index (χ2n) is 3.15. The number of carbonyl (C=O) groups is 2. The molecule has 1 heterocycles. The summed E-state index contributed by atoms with van der Waals surface area (Å²) in [5.41, 5.74) is 1.68. The van der Waals surface area contributed by atoms with E-state index >= 15 is 0 Å². The van der Waals surface area contributed by atoms with E-state index in [-0.39, 0.29) is 11.7 Å². The van der Waals surface area contributed by atoms with Crippen LogP contribution in [0.4, 0.5) is 5.69 Å². The number of hydrogen-bond acceptors (Lipinski definition) is 3. The van der Waals surface area contributed by atoms with Crippen molar-refractivity contribution in [1.29, 1.82) is 0 Å². The third-order valence-corrected chi connectivity index (χ3v) is 1.67. The third-order valence-electron chi connectivity index (χ3n) is 1.67. The maximum absolute atomic E-state index is 11.1. The summed E-state index contributed by atoms with van der Waals surface area (Å²) in [7, 11) is 0. The maximum atomic E-state index is 11.1. The number of nitrogens with zero attached hydrogens (tertiary/aromatic N) is 1. The first-order valence-electron chi connectivity index (χ1n) is 4.26. The lowest BCUT2D eigenvalue weighted by Crippen LogP contribution is -2.11. The van der Waals surface area contributed by atoms with E-state index in [0.29, 0.717) is 11.4 Å². The number of rotatable bonds is 2. The molecule has 1 aromatic rings. The first-order valence-corrected chi connectivity index (χ1v) is 4.26. The Kier molecular flexibility index (Phi) is 2.96. The molecule has 1 N–H and O–H groups in total. The smallest absolute Gasteiger partial charge is 0.221 e. The molecule has 0 aromatic carbocycles. The van der Waals surface area contributed by atoms with Gasteiger partial charge in [-0.25, -0.2) is 0 Å². The topological polar surface area (TPSA) is 59.1 Å². The number of amides is 1. The maximum Gasteiger partial charge on any atom is 0.221 e. The highest BCUT2D eigenvalue weighted by Gasteiger charge is 2.09. The zero-order valence-electron chi connectivity index (χ0n) is 8.42. The average Bonchev–Trinajstić information content (AvgIpc) is 2.01. The van der Waals surface area contributed by atoms with Crippen LogP contribution in [0.2, 0.25) is 0 Å². The predicted octanol–water partition coefficient (Wildman–Crippen LogP) is 1.55. The summed E-state index contributed by atoms with van der Waals surface area (Å²) in [6, 6.07) is 1.73. The molecular weight excluding hydrogens is 180 g/mol. The van der Waals surface area contributed by atoms with Crippen molar-refractivity contribution in [2.24, 2.45) is 0 Å². The Balaban J connectivity index is 3.15. The molecular formula is C10H12N2O2. The standard InChI is InChI=1S/C10H12N2O2/c1-6-4-9(12-8(3)14)10(7(2)13)11-5-6/h4-5H,1-3H3,(H,12,14). The molecule has 0 radical (unpaired) electrons. The van der Waals surface area contributed by atoms with Crippen molar-refractivity contribution < 1.29 is 9.59 Å². The minimum Gasteiger partial charge on any atom is -0.324 e. The summed E-state index contributed by atoms with van der Waals surface area (Å²) in [6.45, 7) is 4.66. The lowest BCUT2D eigenvalue weighted by atomic mass is 10.2. The van der Waals surface area contributed by atoms with Crippen molar-refractivity contribution in [2.45, 2.75) is 20.8 Å². The number of aromatic nitrogens is 1. The van der Waals surface area contributed by atoms with Gasteiger partial charge in [0, 0.05) is 20.0 Å². The van der Waals surface area contributed by atoms with Crippen LogP contribution in [0.1, 0.15) is 29.9 Å². The van der Waals surface area contributed by atoms with Gasteiger partial charge in [-0.1, -0.05) is 0 Å². The molecule has 0 atom stereocenters. The fourth-order valence-corrected chi connectivity index (χ4v) is 1.13. The number of pyridine rings is 1. The van der Waals surface area contributed by atoms with Crippen molar-refractivity contribution >= 4 is 17.4 Å². The number of ketones is 1. The monoisotopic (exact) mass is 192 g/mol. The number of aryl methyl sites for hydroxylation is 1. The molecule has 0 unspecified atom stereocenters. The van der Waals surface area contributed by atoms with E-state index in [0.717, 1.165) is 5.56 Å². The van der Waals surface area contributed by atoms with Gasteiger partial charge in [0.2, 0.25) is 5.91 Å². The number of nitrogens with one attached hydrogen (secondary N) is 1. The molecule has 0 spiro atoms. The third kappa shape index (κ3) is 2.39. The minimum atomic E-state index is -0.208. The van der Waals surface area contributed by atoms with Crippen LogP contribution in [0.3, 0.4) is 0 Å². The molecule has 0 aliphatic carbocycles. The molecule has 1 amide bonds. The summed E-state index contributed by atoms with van der Waals surface area (Å²) >= 11 is 0. The highest BCUT2D eigenvalue weighted by molar-refractivity contribution is 6.01. The largest absolute Gasteiger partial charge is 0.324 e. The zero-order chi connectivity index (χ0) is 10.7. The highest BCUT2D eigenvalue weighted by atomic mass is 16.1. The molecule has 0 saturated heterocycles. The quantitative estimate of drug-likeness (QED) is 0.723. The zero-order valence-corrected chi connectivity index (χ0v) is 8.42. The average molecular weight is 192 g/mol. The molecule has 0 aliphatic heterocycles. The van der Waals surface area contributed by atoms with Crippen LogP contribution in [-0.4, -0.2) is 16.7 Å². The van der Waals surface area contributed by atoms with E-state index in [9.17, 15) is 9.59 Å². The van der Waals surface area contributed by atoms with Crippen molar-refractivity contribution in [3.63, 3.8) is 0 Å². The molecule has 4 heteroatoms. The van der Waals surface area contributed by atoms with Crippen LogP contribution in [0.5, 0.6) is 0 Å². The first kappa shape index (κ1) is 10.4. The number of carbonyl (C=O) groups excluding carboxylic acids is 2. The van der Waals surface area contributed by atoms with Crippen LogP contribution < -0.4 is 5.32 Å². The van der Waals surface area contributed by atoms with Gasteiger partial charge < -0.3 is 5.32 Å². The van der Waals surface area contributed by atoms with Crippen molar-refractivity contribution in [2.75, 3.05) is 5.32 Å². The van der Waals surface area contributed by atoms with E-state index < -0.39 is 0 Å². The van der Waals surface area contributed by atoms with Crippen LogP contribution >= 0.6 is 0 Å². The second-order valence-corrected chi connectivity index (χ2v) is 3.15. The van der Waals surface area contributed by atoms with Gasteiger partial charge in [0.15, 0.2) is 5.78 Å². The van der Waals surface area contributed by atoms with Crippen LogP contribution in [-0.2, 0) is 4.79 Å². The Morgan fingerprint density at radius 3 is 2.50 bits per heavy atom. The highest BCUT2D eigenvalue weighted by Crippen LogP contribution is 2.15. The number of Topliss-reactive ketones (excluding diaryl/α,β-unsaturated/α-hetero) is 1.